The van der Waals surface area contributed by atoms with Gasteiger partial charge in [0.15, 0.2) is 0 Å². The van der Waals surface area contributed by atoms with Crippen LogP contribution in [0.15, 0.2) is 46.9 Å². The summed E-state index contributed by atoms with van der Waals surface area (Å²) in [5.41, 5.74) is 1.69. The van der Waals surface area contributed by atoms with E-state index in [2.05, 4.69) is 40.4 Å². The summed E-state index contributed by atoms with van der Waals surface area (Å²) in [4.78, 5) is 24.4. The molecule has 0 spiro atoms. The number of ether oxygens (including phenoxy) is 1. The van der Waals surface area contributed by atoms with E-state index in [9.17, 15) is 9.59 Å². The highest BCUT2D eigenvalue weighted by atomic mass is 79.9. The van der Waals surface area contributed by atoms with Crippen molar-refractivity contribution >= 4 is 33.4 Å². The van der Waals surface area contributed by atoms with Crippen LogP contribution in [0.5, 0.6) is 5.75 Å². The van der Waals surface area contributed by atoms with Crippen molar-refractivity contribution in [3.8, 4) is 5.75 Å². The fourth-order valence-corrected chi connectivity index (χ4v) is 2.76. The van der Waals surface area contributed by atoms with Crippen molar-refractivity contribution in [1.82, 2.24) is 5.32 Å². The second-order valence-electron chi connectivity index (χ2n) is 7.01. The summed E-state index contributed by atoms with van der Waals surface area (Å²) < 4.78 is 6.43. The van der Waals surface area contributed by atoms with Crippen molar-refractivity contribution in [3.63, 3.8) is 0 Å². The molecule has 2 aromatic rings. The number of halogens is 1. The molecular weight excluding hydrogens is 408 g/mol. The van der Waals surface area contributed by atoms with Crippen LogP contribution in [0.4, 0.5) is 5.69 Å². The van der Waals surface area contributed by atoms with E-state index < -0.39 is 0 Å². The Bertz CT molecular complexity index is 802. The minimum Gasteiger partial charge on any atom is -0.492 e. The Morgan fingerprint density at radius 3 is 2.15 bits per heavy atom. The molecule has 2 amide bonds. The van der Waals surface area contributed by atoms with Crippen LogP contribution < -0.4 is 15.4 Å². The number of amides is 2. The highest BCUT2D eigenvalue weighted by Crippen LogP contribution is 2.27. The lowest BCUT2D eigenvalue weighted by atomic mass is 10.1. The normalized spacial score (nSPS) is 10.8. The molecule has 0 fully saturated rings. The lowest BCUT2D eigenvalue weighted by molar-refractivity contribution is 0.0942. The molecule has 0 aliphatic carbocycles. The first-order valence-electron chi connectivity index (χ1n) is 8.91. The summed E-state index contributed by atoms with van der Waals surface area (Å²) in [6, 6.07) is 12.1. The molecule has 144 valence electrons. The van der Waals surface area contributed by atoms with E-state index in [1.807, 2.05) is 13.8 Å². The largest absolute Gasteiger partial charge is 0.492 e. The van der Waals surface area contributed by atoms with Crippen LogP contribution in [-0.2, 0) is 0 Å². The summed E-state index contributed by atoms with van der Waals surface area (Å²) in [5.74, 6) is 0.764. The van der Waals surface area contributed by atoms with Gasteiger partial charge in [-0.05, 0) is 78.2 Å². The molecule has 0 aromatic heterocycles. The third kappa shape index (κ3) is 6.40. The van der Waals surface area contributed by atoms with Crippen LogP contribution in [-0.4, -0.2) is 24.5 Å². The third-order valence-corrected chi connectivity index (χ3v) is 4.21. The van der Waals surface area contributed by atoms with Crippen LogP contribution in [0.1, 0.15) is 48.4 Å². The zero-order valence-corrected chi connectivity index (χ0v) is 17.6. The van der Waals surface area contributed by atoms with Gasteiger partial charge < -0.3 is 15.4 Å². The second kappa shape index (κ2) is 9.55. The Kier molecular flexibility index (Phi) is 7.42. The van der Waals surface area contributed by atoms with Gasteiger partial charge in [-0.1, -0.05) is 13.8 Å². The van der Waals surface area contributed by atoms with Crippen LogP contribution in [0, 0.1) is 5.92 Å². The van der Waals surface area contributed by atoms with Gasteiger partial charge >= 0.3 is 0 Å². The summed E-state index contributed by atoms with van der Waals surface area (Å²) in [5, 5.41) is 5.66. The molecule has 6 heteroatoms. The summed E-state index contributed by atoms with van der Waals surface area (Å²) in [7, 11) is 0. The standard InChI is InChI=1S/C21H25BrN2O3/c1-13(2)12-27-19-10-7-16(11-18(19)22)21(26)24-17-8-5-15(6-9-17)20(25)23-14(3)4/h5-11,13-14H,12H2,1-4H3,(H,23,25)(H,24,26). The van der Waals surface area contributed by atoms with Crippen molar-refractivity contribution in [1.29, 1.82) is 0 Å². The molecule has 0 aliphatic heterocycles. The number of nitrogens with one attached hydrogen (secondary N) is 2. The number of hydrogen-bond acceptors (Lipinski definition) is 3. The predicted molar refractivity (Wildman–Crippen MR) is 111 cm³/mol. The van der Waals surface area contributed by atoms with Gasteiger partial charge in [0.2, 0.25) is 0 Å². The van der Waals surface area contributed by atoms with Crippen molar-refractivity contribution in [2.24, 2.45) is 5.92 Å². The quantitative estimate of drug-likeness (QED) is 0.655. The zero-order chi connectivity index (χ0) is 20.0. The fraction of sp³-hybridized carbons (Fsp3) is 0.333. The average molecular weight is 433 g/mol. The van der Waals surface area contributed by atoms with E-state index in [1.54, 1.807) is 42.5 Å². The topological polar surface area (TPSA) is 67.4 Å². The Hall–Kier alpha value is -2.34. The molecule has 2 N–H and O–H groups in total. The molecule has 27 heavy (non-hydrogen) atoms. The maximum atomic E-state index is 12.5. The molecule has 0 heterocycles. The lowest BCUT2D eigenvalue weighted by Crippen LogP contribution is -2.30. The van der Waals surface area contributed by atoms with Gasteiger partial charge in [-0.3, -0.25) is 9.59 Å². The van der Waals surface area contributed by atoms with E-state index >= 15 is 0 Å². The van der Waals surface area contributed by atoms with Crippen LogP contribution in [0.25, 0.3) is 0 Å². The molecule has 0 saturated carbocycles. The monoisotopic (exact) mass is 432 g/mol. The molecule has 0 unspecified atom stereocenters. The van der Waals surface area contributed by atoms with Crippen molar-refractivity contribution in [2.75, 3.05) is 11.9 Å². The Balaban J connectivity index is 2.02. The lowest BCUT2D eigenvalue weighted by Gasteiger charge is -2.12. The molecule has 0 bridgehead atoms. The highest BCUT2D eigenvalue weighted by molar-refractivity contribution is 9.10. The van der Waals surface area contributed by atoms with Gasteiger partial charge in [-0.25, -0.2) is 0 Å². The molecule has 2 rings (SSSR count). The molecule has 0 saturated heterocycles. The maximum Gasteiger partial charge on any atom is 0.255 e. The summed E-state index contributed by atoms with van der Waals surface area (Å²) in [6.07, 6.45) is 0. The van der Waals surface area contributed by atoms with E-state index in [0.29, 0.717) is 35.1 Å². The molecule has 0 aliphatic rings. The minimum atomic E-state index is -0.231. The number of benzene rings is 2. The van der Waals surface area contributed by atoms with E-state index in [4.69, 9.17) is 4.74 Å². The number of carbonyl (C=O) groups is 2. The second-order valence-corrected chi connectivity index (χ2v) is 7.86. The third-order valence-electron chi connectivity index (χ3n) is 3.59. The first kappa shape index (κ1) is 21.0. The molecule has 2 aromatic carbocycles. The fourth-order valence-electron chi connectivity index (χ4n) is 2.27. The minimum absolute atomic E-state index is 0.0721. The molecular formula is C21H25BrN2O3. The predicted octanol–water partition coefficient (Wildman–Crippen LogP) is 4.87. The van der Waals surface area contributed by atoms with E-state index in [1.165, 1.54) is 0 Å². The summed E-state index contributed by atoms with van der Waals surface area (Å²) in [6.45, 7) is 8.58. The van der Waals surface area contributed by atoms with Gasteiger partial charge in [0.25, 0.3) is 11.8 Å². The molecule has 5 nitrogen and oxygen atoms in total. The summed E-state index contributed by atoms with van der Waals surface area (Å²) >= 11 is 3.45. The van der Waals surface area contributed by atoms with Crippen LogP contribution in [0.3, 0.4) is 0 Å². The van der Waals surface area contributed by atoms with Crippen LogP contribution in [0.2, 0.25) is 0 Å². The van der Waals surface area contributed by atoms with Crippen molar-refractivity contribution < 1.29 is 14.3 Å². The molecule has 0 radical (unpaired) electrons. The maximum absolute atomic E-state index is 12.5. The first-order valence-corrected chi connectivity index (χ1v) is 9.70. The Morgan fingerprint density at radius 2 is 1.59 bits per heavy atom. The SMILES string of the molecule is CC(C)COc1ccc(C(=O)Nc2ccc(C(=O)NC(C)C)cc2)cc1Br. The van der Waals surface area contributed by atoms with E-state index in [-0.39, 0.29) is 17.9 Å². The Morgan fingerprint density at radius 1 is 0.963 bits per heavy atom. The van der Waals surface area contributed by atoms with Gasteiger partial charge in [-0.2, -0.15) is 0 Å². The smallest absolute Gasteiger partial charge is 0.255 e. The zero-order valence-electron chi connectivity index (χ0n) is 16.0. The van der Waals surface area contributed by atoms with E-state index in [0.717, 1.165) is 4.47 Å². The number of anilines is 1. The molecule has 0 atom stereocenters. The number of hydrogen-bond donors (Lipinski definition) is 2. The number of rotatable bonds is 7. The van der Waals surface area contributed by atoms with Gasteiger partial charge in [0.1, 0.15) is 5.75 Å². The van der Waals surface area contributed by atoms with Crippen LogP contribution >= 0.6 is 15.9 Å². The average Bonchev–Trinajstić information content (AvgIpc) is 2.60. The van der Waals surface area contributed by atoms with Gasteiger partial charge in [0, 0.05) is 22.9 Å². The van der Waals surface area contributed by atoms with Gasteiger partial charge in [-0.15, -0.1) is 0 Å². The van der Waals surface area contributed by atoms with Crippen molar-refractivity contribution in [3.05, 3.63) is 58.1 Å². The number of carbonyl (C=O) groups excluding carboxylic acids is 2. The first-order chi connectivity index (χ1) is 12.8. The Labute approximate surface area is 168 Å². The van der Waals surface area contributed by atoms with Crippen molar-refractivity contribution in [2.45, 2.75) is 33.7 Å². The van der Waals surface area contributed by atoms with Gasteiger partial charge in [0.05, 0.1) is 11.1 Å². The highest BCUT2D eigenvalue weighted by Gasteiger charge is 2.11.